The number of carboxylic acids is 1. The van der Waals surface area contributed by atoms with E-state index in [0.717, 1.165) is 0 Å². The van der Waals surface area contributed by atoms with Gasteiger partial charge in [0.05, 0.1) is 10.9 Å². The molecule has 0 spiro atoms. The fraction of sp³-hybridized carbons (Fsp3) is 0.250. The number of aromatic nitrogens is 2. The van der Waals surface area contributed by atoms with Crippen LogP contribution in [0.3, 0.4) is 0 Å². The van der Waals surface area contributed by atoms with Gasteiger partial charge in [-0.25, -0.2) is 0 Å². The number of carbonyl (C=O) groups is 2. The average molecular weight is 382 g/mol. The summed E-state index contributed by atoms with van der Waals surface area (Å²) in [5, 5.41) is 17.3. The summed E-state index contributed by atoms with van der Waals surface area (Å²) in [5.41, 5.74) is 0.121. The summed E-state index contributed by atoms with van der Waals surface area (Å²) in [4.78, 5) is 24.8. The Morgan fingerprint density at radius 2 is 2.00 bits per heavy atom. The number of benzene rings is 1. The number of hydrogen-bond acceptors (Lipinski definition) is 5. The van der Waals surface area contributed by atoms with E-state index >= 15 is 0 Å². The van der Waals surface area contributed by atoms with Gasteiger partial charge in [0.2, 0.25) is 5.88 Å². The predicted octanol–water partition coefficient (Wildman–Crippen LogP) is 3.12. The van der Waals surface area contributed by atoms with Gasteiger partial charge in [0, 0.05) is 19.2 Å². The van der Waals surface area contributed by atoms with Crippen molar-refractivity contribution in [3.8, 4) is 11.6 Å². The first kappa shape index (κ1) is 17.4. The highest BCUT2D eigenvalue weighted by molar-refractivity contribution is 6.42. The molecule has 0 aliphatic carbocycles. The Hall–Kier alpha value is -2.38. The summed E-state index contributed by atoms with van der Waals surface area (Å²) in [6.45, 7) is 0.556. The molecule has 1 aromatic carbocycles. The van der Waals surface area contributed by atoms with Crippen molar-refractivity contribution in [1.29, 1.82) is 0 Å². The standard InChI is InChI=1S/C16H13Cl2N3O4/c17-10-2-1-3-12(14(10)18)25-13-5-4-11(19-20-13)15(22)21-7-6-9(8-21)16(23)24/h1-5,9H,6-8H2,(H,23,24). The van der Waals surface area contributed by atoms with Crippen molar-refractivity contribution in [2.24, 2.45) is 5.92 Å². The second kappa shape index (κ2) is 7.25. The SMILES string of the molecule is O=C(O)C1CCN(C(=O)c2ccc(Oc3cccc(Cl)c3Cl)nn2)C1. The van der Waals surface area contributed by atoms with Crippen molar-refractivity contribution < 1.29 is 19.4 Å². The average Bonchev–Trinajstić information content (AvgIpc) is 3.09. The van der Waals surface area contributed by atoms with E-state index in [1.807, 2.05) is 0 Å². The largest absolute Gasteiger partial charge is 0.481 e. The van der Waals surface area contributed by atoms with E-state index in [2.05, 4.69) is 10.2 Å². The van der Waals surface area contributed by atoms with Crippen LogP contribution < -0.4 is 4.74 Å². The van der Waals surface area contributed by atoms with Crippen molar-refractivity contribution in [1.82, 2.24) is 15.1 Å². The van der Waals surface area contributed by atoms with Crippen LogP contribution in [-0.2, 0) is 4.79 Å². The van der Waals surface area contributed by atoms with Crippen LogP contribution in [-0.4, -0.2) is 45.2 Å². The van der Waals surface area contributed by atoms with E-state index in [1.54, 1.807) is 18.2 Å². The van der Waals surface area contributed by atoms with Crippen LogP contribution in [0.1, 0.15) is 16.9 Å². The molecule has 1 aliphatic rings. The first-order chi connectivity index (χ1) is 12.0. The molecule has 2 aromatic rings. The highest BCUT2D eigenvalue weighted by Gasteiger charge is 2.31. The van der Waals surface area contributed by atoms with Gasteiger partial charge in [0.25, 0.3) is 5.91 Å². The van der Waals surface area contributed by atoms with E-state index in [9.17, 15) is 9.59 Å². The molecule has 1 fully saturated rings. The number of aliphatic carboxylic acids is 1. The molecule has 0 radical (unpaired) electrons. The maximum Gasteiger partial charge on any atom is 0.308 e. The molecule has 1 atom stereocenters. The van der Waals surface area contributed by atoms with Crippen LogP contribution in [0.15, 0.2) is 30.3 Å². The van der Waals surface area contributed by atoms with Gasteiger partial charge in [-0.1, -0.05) is 29.3 Å². The Balaban J connectivity index is 1.69. The Morgan fingerprint density at radius 3 is 2.64 bits per heavy atom. The molecule has 1 saturated heterocycles. The Kier molecular flexibility index (Phi) is 5.06. The fourth-order valence-corrected chi connectivity index (χ4v) is 2.80. The number of nitrogens with zero attached hydrogens (tertiary/aromatic N) is 3. The van der Waals surface area contributed by atoms with Crippen LogP contribution in [0, 0.1) is 5.92 Å². The Labute approximate surface area is 153 Å². The van der Waals surface area contributed by atoms with Gasteiger partial charge in [0.15, 0.2) is 5.69 Å². The molecule has 9 heteroatoms. The summed E-state index contributed by atoms with van der Waals surface area (Å²) < 4.78 is 5.51. The maximum absolute atomic E-state index is 12.3. The van der Waals surface area contributed by atoms with Gasteiger partial charge in [-0.3, -0.25) is 9.59 Å². The quantitative estimate of drug-likeness (QED) is 0.874. The minimum absolute atomic E-state index is 0.121. The van der Waals surface area contributed by atoms with Gasteiger partial charge in [-0.05, 0) is 24.6 Å². The lowest BCUT2D eigenvalue weighted by Gasteiger charge is -2.14. The molecular weight excluding hydrogens is 369 g/mol. The second-order valence-corrected chi connectivity index (χ2v) is 6.27. The van der Waals surface area contributed by atoms with E-state index in [1.165, 1.54) is 17.0 Å². The lowest BCUT2D eigenvalue weighted by atomic mass is 10.1. The number of carbonyl (C=O) groups excluding carboxylic acids is 1. The topological polar surface area (TPSA) is 92.6 Å². The van der Waals surface area contributed by atoms with E-state index < -0.39 is 11.9 Å². The van der Waals surface area contributed by atoms with Gasteiger partial charge in [-0.15, -0.1) is 10.2 Å². The molecule has 130 valence electrons. The molecule has 1 unspecified atom stereocenters. The molecule has 1 aliphatic heterocycles. The van der Waals surface area contributed by atoms with Gasteiger partial charge >= 0.3 is 5.97 Å². The zero-order chi connectivity index (χ0) is 18.0. The van der Waals surface area contributed by atoms with Crippen molar-refractivity contribution >= 4 is 35.1 Å². The molecule has 7 nitrogen and oxygen atoms in total. The highest BCUT2D eigenvalue weighted by Crippen LogP contribution is 2.33. The zero-order valence-electron chi connectivity index (χ0n) is 12.9. The summed E-state index contributed by atoms with van der Waals surface area (Å²) >= 11 is 11.9. The lowest BCUT2D eigenvalue weighted by molar-refractivity contribution is -0.141. The number of carboxylic acid groups (broad SMARTS) is 1. The summed E-state index contributed by atoms with van der Waals surface area (Å²) in [6.07, 6.45) is 0.433. The first-order valence-corrected chi connectivity index (χ1v) is 8.19. The molecule has 1 amide bonds. The number of amides is 1. The number of halogens is 2. The first-order valence-electron chi connectivity index (χ1n) is 7.43. The van der Waals surface area contributed by atoms with Crippen molar-refractivity contribution in [3.63, 3.8) is 0 Å². The zero-order valence-corrected chi connectivity index (χ0v) is 14.4. The molecule has 25 heavy (non-hydrogen) atoms. The molecular formula is C16H13Cl2N3O4. The van der Waals surface area contributed by atoms with Crippen molar-refractivity contribution in [3.05, 3.63) is 46.1 Å². The Morgan fingerprint density at radius 1 is 1.20 bits per heavy atom. The fourth-order valence-electron chi connectivity index (χ4n) is 2.47. The van der Waals surface area contributed by atoms with Crippen LogP contribution in [0.25, 0.3) is 0 Å². The molecule has 0 saturated carbocycles. The minimum Gasteiger partial charge on any atom is -0.481 e. The van der Waals surface area contributed by atoms with E-state index in [-0.39, 0.29) is 29.0 Å². The minimum atomic E-state index is -0.900. The number of rotatable bonds is 4. The molecule has 3 rings (SSSR count). The van der Waals surface area contributed by atoms with Gasteiger partial charge < -0.3 is 14.7 Å². The number of hydrogen-bond donors (Lipinski definition) is 1. The van der Waals surface area contributed by atoms with Crippen LogP contribution in [0.2, 0.25) is 10.0 Å². The molecule has 2 heterocycles. The predicted molar refractivity (Wildman–Crippen MR) is 90.2 cm³/mol. The lowest BCUT2D eigenvalue weighted by Crippen LogP contribution is -2.30. The molecule has 0 bridgehead atoms. The second-order valence-electron chi connectivity index (χ2n) is 5.49. The van der Waals surface area contributed by atoms with Crippen molar-refractivity contribution in [2.75, 3.05) is 13.1 Å². The monoisotopic (exact) mass is 381 g/mol. The third kappa shape index (κ3) is 3.83. The smallest absolute Gasteiger partial charge is 0.308 e. The van der Waals surface area contributed by atoms with Crippen molar-refractivity contribution in [2.45, 2.75) is 6.42 Å². The van der Waals surface area contributed by atoms with Crippen LogP contribution in [0.4, 0.5) is 0 Å². The molecule has 1 N–H and O–H groups in total. The van der Waals surface area contributed by atoms with E-state index in [4.69, 9.17) is 33.0 Å². The van der Waals surface area contributed by atoms with E-state index in [0.29, 0.717) is 23.7 Å². The van der Waals surface area contributed by atoms with Gasteiger partial charge in [0.1, 0.15) is 10.8 Å². The third-order valence-corrected chi connectivity index (χ3v) is 4.62. The summed E-state index contributed by atoms with van der Waals surface area (Å²) in [6, 6.07) is 7.90. The highest BCUT2D eigenvalue weighted by atomic mass is 35.5. The summed E-state index contributed by atoms with van der Waals surface area (Å²) in [5.74, 6) is -1.31. The van der Waals surface area contributed by atoms with Crippen LogP contribution >= 0.6 is 23.2 Å². The number of likely N-dealkylation sites (tertiary alicyclic amines) is 1. The third-order valence-electron chi connectivity index (χ3n) is 3.81. The molecule has 1 aromatic heterocycles. The van der Waals surface area contributed by atoms with Crippen LogP contribution in [0.5, 0.6) is 11.6 Å². The number of ether oxygens (including phenoxy) is 1. The maximum atomic E-state index is 12.3. The van der Waals surface area contributed by atoms with Gasteiger partial charge in [-0.2, -0.15) is 0 Å². The normalized spacial score (nSPS) is 16.7. The Bertz CT molecular complexity index is 814. The summed E-state index contributed by atoms with van der Waals surface area (Å²) in [7, 11) is 0.